The molecule has 0 aliphatic rings. The highest BCUT2D eigenvalue weighted by Gasteiger charge is 2.22. The van der Waals surface area contributed by atoms with Gasteiger partial charge in [-0.3, -0.25) is 4.57 Å². The molecule has 0 fully saturated rings. The maximum Gasteiger partial charge on any atom is 0.238 e. The SMILES string of the molecule is c1ccc(-c2nc(-c3cccc4ccccc34)nc(-n3c4ccccc4c4cc5c6ccccc6n(-c6cccc7ccccc67)c5cc43)n2)cc1. The molecule has 242 valence electrons. The van der Waals surface area contributed by atoms with Crippen molar-refractivity contribution in [1.82, 2.24) is 24.1 Å². The number of para-hydroxylation sites is 2. The molecule has 8 aromatic carbocycles. The lowest BCUT2D eigenvalue weighted by atomic mass is 10.0. The predicted octanol–water partition coefficient (Wildman–Crippen LogP) is 11.7. The first-order valence-electron chi connectivity index (χ1n) is 17.5. The number of hydrogen-bond acceptors (Lipinski definition) is 3. The summed E-state index contributed by atoms with van der Waals surface area (Å²) in [7, 11) is 0. The Kier molecular flexibility index (Phi) is 6.18. The van der Waals surface area contributed by atoms with Crippen molar-refractivity contribution in [3.05, 3.63) is 176 Å². The molecular formula is C47H29N5. The van der Waals surface area contributed by atoms with Crippen molar-refractivity contribution < 1.29 is 0 Å². The maximum atomic E-state index is 5.30. The fraction of sp³-hybridized carbons (Fsp3) is 0. The third-order valence-corrected chi connectivity index (χ3v) is 10.4. The Balaban J connectivity index is 1.27. The Morgan fingerprint density at radius 2 is 0.865 bits per heavy atom. The van der Waals surface area contributed by atoms with Crippen LogP contribution < -0.4 is 0 Å². The van der Waals surface area contributed by atoms with Gasteiger partial charge >= 0.3 is 0 Å². The summed E-state index contributed by atoms with van der Waals surface area (Å²) < 4.78 is 4.64. The summed E-state index contributed by atoms with van der Waals surface area (Å²) >= 11 is 0. The highest BCUT2D eigenvalue weighted by atomic mass is 15.2. The Labute approximate surface area is 298 Å². The number of benzene rings is 8. The molecule has 0 saturated heterocycles. The van der Waals surface area contributed by atoms with Gasteiger partial charge in [0.25, 0.3) is 0 Å². The average molecular weight is 664 g/mol. The summed E-state index contributed by atoms with van der Waals surface area (Å²) in [5, 5.41) is 9.38. The van der Waals surface area contributed by atoms with Crippen LogP contribution in [0.2, 0.25) is 0 Å². The van der Waals surface area contributed by atoms with Crippen LogP contribution in [0.1, 0.15) is 0 Å². The highest BCUT2D eigenvalue weighted by molar-refractivity contribution is 6.19. The molecule has 5 nitrogen and oxygen atoms in total. The highest BCUT2D eigenvalue weighted by Crippen LogP contribution is 2.40. The molecule has 0 spiro atoms. The van der Waals surface area contributed by atoms with Gasteiger partial charge in [0, 0.05) is 38.1 Å². The largest absolute Gasteiger partial charge is 0.309 e. The van der Waals surface area contributed by atoms with E-state index in [1.54, 1.807) is 0 Å². The van der Waals surface area contributed by atoms with E-state index in [2.05, 4.69) is 167 Å². The van der Waals surface area contributed by atoms with E-state index in [0.717, 1.165) is 54.9 Å². The van der Waals surface area contributed by atoms with Gasteiger partial charge in [-0.05, 0) is 46.5 Å². The van der Waals surface area contributed by atoms with Crippen molar-refractivity contribution in [1.29, 1.82) is 0 Å². The van der Waals surface area contributed by atoms with Crippen LogP contribution >= 0.6 is 0 Å². The second kappa shape index (κ2) is 11.2. The summed E-state index contributed by atoms with van der Waals surface area (Å²) in [6, 6.07) is 62.1. The zero-order valence-electron chi connectivity index (χ0n) is 28.0. The summed E-state index contributed by atoms with van der Waals surface area (Å²) in [5.41, 5.74) is 7.43. The molecule has 5 heteroatoms. The van der Waals surface area contributed by atoms with Crippen molar-refractivity contribution in [2.24, 2.45) is 0 Å². The third kappa shape index (κ3) is 4.26. The van der Waals surface area contributed by atoms with E-state index in [9.17, 15) is 0 Å². The fourth-order valence-electron chi connectivity index (χ4n) is 8.03. The molecule has 11 aromatic rings. The third-order valence-electron chi connectivity index (χ3n) is 10.4. The number of hydrogen-bond donors (Lipinski definition) is 0. The molecule has 0 saturated carbocycles. The van der Waals surface area contributed by atoms with E-state index >= 15 is 0 Å². The van der Waals surface area contributed by atoms with Gasteiger partial charge in [0.2, 0.25) is 5.95 Å². The van der Waals surface area contributed by atoms with Crippen LogP contribution in [-0.2, 0) is 0 Å². The van der Waals surface area contributed by atoms with E-state index in [1.807, 2.05) is 18.2 Å². The lowest BCUT2D eigenvalue weighted by Crippen LogP contribution is -2.06. The van der Waals surface area contributed by atoms with Crippen LogP contribution in [0.15, 0.2) is 176 Å². The molecular weight excluding hydrogens is 635 g/mol. The molecule has 0 aliphatic carbocycles. The predicted molar refractivity (Wildman–Crippen MR) is 214 cm³/mol. The zero-order chi connectivity index (χ0) is 34.2. The molecule has 11 rings (SSSR count). The van der Waals surface area contributed by atoms with Crippen molar-refractivity contribution in [3.63, 3.8) is 0 Å². The van der Waals surface area contributed by atoms with Gasteiger partial charge in [-0.2, -0.15) is 9.97 Å². The smallest absolute Gasteiger partial charge is 0.238 e. The molecule has 0 amide bonds. The van der Waals surface area contributed by atoms with Gasteiger partial charge in [-0.25, -0.2) is 4.98 Å². The molecule has 0 unspecified atom stereocenters. The molecule has 0 N–H and O–H groups in total. The lowest BCUT2D eigenvalue weighted by Gasteiger charge is -2.13. The van der Waals surface area contributed by atoms with Crippen LogP contribution in [0.3, 0.4) is 0 Å². The Bertz CT molecular complexity index is 3180. The Morgan fingerprint density at radius 1 is 0.327 bits per heavy atom. The molecule has 0 atom stereocenters. The van der Waals surface area contributed by atoms with E-state index in [-0.39, 0.29) is 0 Å². The van der Waals surface area contributed by atoms with Crippen molar-refractivity contribution in [3.8, 4) is 34.4 Å². The number of rotatable bonds is 4. The second-order valence-electron chi connectivity index (χ2n) is 13.3. The average Bonchev–Trinajstić information content (AvgIpc) is 3.71. The van der Waals surface area contributed by atoms with Gasteiger partial charge in [0.05, 0.1) is 27.8 Å². The van der Waals surface area contributed by atoms with Crippen LogP contribution in [0.25, 0.3) is 99.6 Å². The van der Waals surface area contributed by atoms with Gasteiger partial charge in [-0.15, -0.1) is 0 Å². The zero-order valence-corrected chi connectivity index (χ0v) is 28.0. The van der Waals surface area contributed by atoms with E-state index in [4.69, 9.17) is 15.0 Å². The topological polar surface area (TPSA) is 48.5 Å². The van der Waals surface area contributed by atoms with Gasteiger partial charge in [0.15, 0.2) is 11.6 Å². The summed E-state index contributed by atoms with van der Waals surface area (Å²) in [6.45, 7) is 0. The Morgan fingerprint density at radius 3 is 1.62 bits per heavy atom. The molecule has 3 aromatic heterocycles. The minimum atomic E-state index is 0.579. The van der Waals surface area contributed by atoms with E-state index in [1.165, 1.54) is 27.1 Å². The lowest BCUT2D eigenvalue weighted by molar-refractivity contribution is 0.954. The number of fused-ring (bicyclic) bond motifs is 8. The van der Waals surface area contributed by atoms with Crippen molar-refractivity contribution in [2.75, 3.05) is 0 Å². The number of aromatic nitrogens is 5. The molecule has 0 radical (unpaired) electrons. The van der Waals surface area contributed by atoms with E-state index in [0.29, 0.717) is 17.6 Å². The van der Waals surface area contributed by atoms with Crippen molar-refractivity contribution >= 4 is 65.2 Å². The monoisotopic (exact) mass is 663 g/mol. The van der Waals surface area contributed by atoms with Crippen LogP contribution in [0.4, 0.5) is 0 Å². The molecule has 0 bridgehead atoms. The van der Waals surface area contributed by atoms with Crippen molar-refractivity contribution in [2.45, 2.75) is 0 Å². The first-order valence-corrected chi connectivity index (χ1v) is 17.5. The van der Waals surface area contributed by atoms with Gasteiger partial charge in [0.1, 0.15) is 0 Å². The first-order chi connectivity index (χ1) is 25.8. The molecule has 0 aliphatic heterocycles. The Hall–Kier alpha value is -7.11. The van der Waals surface area contributed by atoms with Crippen LogP contribution in [-0.4, -0.2) is 24.1 Å². The van der Waals surface area contributed by atoms with Crippen LogP contribution in [0.5, 0.6) is 0 Å². The fourth-order valence-corrected chi connectivity index (χ4v) is 8.03. The minimum absolute atomic E-state index is 0.579. The van der Waals surface area contributed by atoms with Gasteiger partial charge < -0.3 is 4.57 Å². The standard InChI is InChI=1S/C47H29N5/c1-2-16-32(17-3-1)45-48-46(37-24-12-18-30-14-4-6-20-33(30)37)50-47(49-45)52-42-26-11-9-23-36(42)39-28-38-35-22-8-10-25-41(35)51(43(38)29-44(39)52)40-27-13-19-31-15-5-7-21-34(31)40/h1-29H. The molecule has 3 heterocycles. The minimum Gasteiger partial charge on any atom is -0.309 e. The van der Waals surface area contributed by atoms with Gasteiger partial charge in [-0.1, -0.05) is 146 Å². The maximum absolute atomic E-state index is 5.30. The summed E-state index contributed by atoms with van der Waals surface area (Å²) in [4.78, 5) is 15.6. The summed E-state index contributed by atoms with van der Waals surface area (Å²) in [6.07, 6.45) is 0. The quantitative estimate of drug-likeness (QED) is 0.188. The summed E-state index contributed by atoms with van der Waals surface area (Å²) in [5.74, 6) is 1.85. The first kappa shape index (κ1) is 28.7. The van der Waals surface area contributed by atoms with Crippen LogP contribution in [0, 0.1) is 0 Å². The second-order valence-corrected chi connectivity index (χ2v) is 13.3. The molecule has 52 heavy (non-hydrogen) atoms. The number of nitrogens with zero attached hydrogens (tertiary/aromatic N) is 5. The van der Waals surface area contributed by atoms with E-state index < -0.39 is 0 Å². The normalized spacial score (nSPS) is 11.8.